The fourth-order valence-electron chi connectivity index (χ4n) is 3.01. The van der Waals surface area contributed by atoms with Gasteiger partial charge in [-0.3, -0.25) is 4.79 Å². The molecule has 0 aliphatic heterocycles. The molecule has 0 rings (SSSR count). The fraction of sp³-hybridized carbons (Fsp3) is 0.950. The van der Waals surface area contributed by atoms with Gasteiger partial charge in [0.1, 0.15) is 0 Å². The van der Waals surface area contributed by atoms with Crippen LogP contribution in [0.2, 0.25) is 0 Å². The monoisotopic (exact) mass is 328 g/mol. The number of unbranched alkanes of at least 4 members (excludes halogenated alkanes) is 13. The highest BCUT2D eigenvalue weighted by molar-refractivity contribution is 5.66. The van der Waals surface area contributed by atoms with Crippen LogP contribution in [-0.2, 0) is 4.79 Å². The molecule has 3 nitrogen and oxygen atoms in total. The molecule has 3 heteroatoms. The summed E-state index contributed by atoms with van der Waals surface area (Å²) in [5.41, 5.74) is 0. The molecule has 0 saturated carbocycles. The fourth-order valence-corrected chi connectivity index (χ4v) is 3.01. The Morgan fingerprint density at radius 2 is 1.09 bits per heavy atom. The van der Waals surface area contributed by atoms with Crippen LogP contribution >= 0.6 is 0 Å². The van der Waals surface area contributed by atoms with E-state index in [2.05, 4.69) is 6.92 Å². The Bertz CT molecular complexity index is 253. The van der Waals surface area contributed by atoms with E-state index in [1.165, 1.54) is 83.5 Å². The molecule has 0 radical (unpaired) electrons. The molecular weight excluding hydrogens is 288 g/mol. The van der Waals surface area contributed by atoms with Crippen molar-refractivity contribution >= 4 is 5.97 Å². The van der Waals surface area contributed by atoms with Crippen LogP contribution in [0.4, 0.5) is 0 Å². The van der Waals surface area contributed by atoms with Gasteiger partial charge in [-0.05, 0) is 12.8 Å². The normalized spacial score (nSPS) is 12.4. The predicted octanol–water partition coefficient (Wildman–Crippen LogP) is 6.08. The molecule has 1 atom stereocenters. The molecule has 2 N–H and O–H groups in total. The van der Waals surface area contributed by atoms with E-state index >= 15 is 0 Å². The molecule has 0 aromatic rings. The molecule has 0 aliphatic rings. The van der Waals surface area contributed by atoms with Gasteiger partial charge in [0, 0.05) is 6.42 Å². The van der Waals surface area contributed by atoms with E-state index in [0.717, 1.165) is 12.8 Å². The number of hydrogen-bond acceptors (Lipinski definition) is 2. The Balaban J connectivity index is 3.09. The van der Waals surface area contributed by atoms with E-state index < -0.39 is 12.1 Å². The molecule has 0 aromatic carbocycles. The van der Waals surface area contributed by atoms with E-state index in [4.69, 9.17) is 5.11 Å². The number of carboxylic acid groups (broad SMARTS) is 1. The summed E-state index contributed by atoms with van der Waals surface area (Å²) >= 11 is 0. The summed E-state index contributed by atoms with van der Waals surface area (Å²) in [7, 11) is 0. The third kappa shape index (κ3) is 19.4. The summed E-state index contributed by atoms with van der Waals surface area (Å²) in [5.74, 6) is -0.815. The zero-order chi connectivity index (χ0) is 17.2. The number of aliphatic hydroxyl groups is 1. The van der Waals surface area contributed by atoms with Crippen molar-refractivity contribution in [3.8, 4) is 0 Å². The molecule has 0 heterocycles. The van der Waals surface area contributed by atoms with Gasteiger partial charge in [-0.15, -0.1) is 0 Å². The highest BCUT2D eigenvalue weighted by atomic mass is 16.4. The van der Waals surface area contributed by atoms with Gasteiger partial charge in [-0.1, -0.05) is 96.8 Å². The maximum Gasteiger partial charge on any atom is 0.303 e. The van der Waals surface area contributed by atoms with Crippen molar-refractivity contribution in [1.29, 1.82) is 0 Å². The molecule has 0 aliphatic carbocycles. The first-order valence-electron chi connectivity index (χ1n) is 10.1. The summed E-state index contributed by atoms with van der Waals surface area (Å²) in [5, 5.41) is 18.2. The van der Waals surface area contributed by atoms with Gasteiger partial charge in [0.15, 0.2) is 0 Å². The van der Waals surface area contributed by atoms with Crippen molar-refractivity contribution in [2.75, 3.05) is 0 Å². The van der Waals surface area contributed by atoms with Crippen LogP contribution in [0.1, 0.15) is 116 Å². The Labute approximate surface area is 143 Å². The van der Waals surface area contributed by atoms with Crippen molar-refractivity contribution in [2.24, 2.45) is 0 Å². The van der Waals surface area contributed by atoms with E-state index in [1.807, 2.05) is 0 Å². The summed E-state index contributed by atoms with van der Waals surface area (Å²) in [4.78, 5) is 10.4. The van der Waals surface area contributed by atoms with Crippen LogP contribution in [0.25, 0.3) is 0 Å². The molecule has 0 fully saturated rings. The van der Waals surface area contributed by atoms with E-state index in [1.54, 1.807) is 0 Å². The number of carboxylic acids is 1. The average Bonchev–Trinajstić information content (AvgIpc) is 2.53. The van der Waals surface area contributed by atoms with Crippen molar-refractivity contribution in [1.82, 2.24) is 0 Å². The quantitative estimate of drug-likeness (QED) is 0.300. The lowest BCUT2D eigenvalue weighted by Gasteiger charge is -2.08. The minimum absolute atomic E-state index is 0.0831. The van der Waals surface area contributed by atoms with E-state index in [9.17, 15) is 9.90 Å². The van der Waals surface area contributed by atoms with Gasteiger partial charge in [0.05, 0.1) is 6.10 Å². The van der Waals surface area contributed by atoms with Crippen molar-refractivity contribution in [2.45, 2.75) is 122 Å². The van der Waals surface area contributed by atoms with Crippen LogP contribution in [0, 0.1) is 0 Å². The Kier molecular flexibility index (Phi) is 17.3. The highest BCUT2D eigenvalue weighted by Crippen LogP contribution is 2.14. The lowest BCUT2D eigenvalue weighted by molar-refractivity contribution is -0.137. The summed E-state index contributed by atoms with van der Waals surface area (Å²) in [6.45, 7) is 2.27. The third-order valence-electron chi connectivity index (χ3n) is 4.58. The van der Waals surface area contributed by atoms with Gasteiger partial charge in [-0.25, -0.2) is 0 Å². The molecule has 0 aromatic heterocycles. The van der Waals surface area contributed by atoms with Crippen LogP contribution in [0.5, 0.6) is 0 Å². The summed E-state index contributed by atoms with van der Waals surface area (Å²) in [6.07, 6.45) is 19.5. The Morgan fingerprint density at radius 3 is 1.48 bits per heavy atom. The van der Waals surface area contributed by atoms with Crippen molar-refractivity contribution in [3.05, 3.63) is 0 Å². The second-order valence-electron chi connectivity index (χ2n) is 6.97. The first kappa shape index (κ1) is 22.4. The number of aliphatic hydroxyl groups excluding tert-OH is 1. The van der Waals surface area contributed by atoms with Crippen LogP contribution in [-0.4, -0.2) is 22.3 Å². The number of carbonyl (C=O) groups is 1. The smallest absolute Gasteiger partial charge is 0.303 e. The third-order valence-corrected chi connectivity index (χ3v) is 4.58. The van der Waals surface area contributed by atoms with Crippen molar-refractivity contribution in [3.63, 3.8) is 0 Å². The van der Waals surface area contributed by atoms with Gasteiger partial charge >= 0.3 is 5.97 Å². The largest absolute Gasteiger partial charge is 0.481 e. The Hall–Kier alpha value is -0.570. The Morgan fingerprint density at radius 1 is 0.696 bits per heavy atom. The lowest BCUT2D eigenvalue weighted by atomic mass is 10.0. The van der Waals surface area contributed by atoms with Crippen molar-refractivity contribution < 1.29 is 15.0 Å². The van der Waals surface area contributed by atoms with Gasteiger partial charge in [0.2, 0.25) is 0 Å². The first-order chi connectivity index (χ1) is 11.2. The molecule has 1 unspecified atom stereocenters. The standard InChI is InChI=1S/C20H40O3/c1-2-3-4-5-6-7-8-9-10-11-12-13-14-15-16-19(21)17-18-20(22)23/h19,21H,2-18H2,1H3,(H,22,23). The zero-order valence-electron chi connectivity index (χ0n) is 15.4. The zero-order valence-corrected chi connectivity index (χ0v) is 15.4. The SMILES string of the molecule is CCCCCCCCCCCCCCCCC(O)CCC(=O)O. The highest BCUT2D eigenvalue weighted by Gasteiger charge is 2.06. The van der Waals surface area contributed by atoms with Crippen LogP contribution in [0.3, 0.4) is 0 Å². The number of rotatable bonds is 18. The van der Waals surface area contributed by atoms with Crippen LogP contribution < -0.4 is 0 Å². The second kappa shape index (κ2) is 17.8. The summed E-state index contributed by atoms with van der Waals surface area (Å²) in [6, 6.07) is 0. The minimum Gasteiger partial charge on any atom is -0.481 e. The molecule has 0 amide bonds. The second-order valence-corrected chi connectivity index (χ2v) is 6.97. The first-order valence-corrected chi connectivity index (χ1v) is 10.1. The van der Waals surface area contributed by atoms with E-state index in [-0.39, 0.29) is 6.42 Å². The minimum atomic E-state index is -0.815. The number of hydrogen-bond donors (Lipinski definition) is 2. The predicted molar refractivity (Wildman–Crippen MR) is 97.8 cm³/mol. The van der Waals surface area contributed by atoms with Crippen LogP contribution in [0.15, 0.2) is 0 Å². The topological polar surface area (TPSA) is 57.5 Å². The molecular formula is C20H40O3. The molecule has 0 spiro atoms. The maximum atomic E-state index is 10.4. The molecule has 0 saturated heterocycles. The average molecular weight is 329 g/mol. The van der Waals surface area contributed by atoms with Gasteiger partial charge in [-0.2, -0.15) is 0 Å². The van der Waals surface area contributed by atoms with Gasteiger partial charge in [0.25, 0.3) is 0 Å². The molecule has 138 valence electrons. The maximum absolute atomic E-state index is 10.4. The molecule has 0 bridgehead atoms. The lowest BCUT2D eigenvalue weighted by Crippen LogP contribution is -2.09. The van der Waals surface area contributed by atoms with Gasteiger partial charge < -0.3 is 10.2 Å². The summed E-state index contributed by atoms with van der Waals surface area (Å²) < 4.78 is 0. The number of aliphatic carboxylic acids is 1. The van der Waals surface area contributed by atoms with E-state index in [0.29, 0.717) is 6.42 Å². The molecule has 23 heavy (non-hydrogen) atoms.